The number of nitrogens with zero attached hydrogens (tertiary/aromatic N) is 4. The van der Waals surface area contributed by atoms with Crippen molar-refractivity contribution in [3.63, 3.8) is 0 Å². The van der Waals surface area contributed by atoms with Gasteiger partial charge in [0.25, 0.3) is 0 Å². The van der Waals surface area contributed by atoms with Crippen molar-refractivity contribution < 1.29 is 4.43 Å². The van der Waals surface area contributed by atoms with Crippen molar-refractivity contribution in [2.24, 2.45) is 20.0 Å². The fraction of sp³-hybridized carbons (Fsp3) is 0.511. The van der Waals surface area contributed by atoms with E-state index in [1.807, 2.05) is 40.9 Å². The molecule has 1 atom stereocenters. The van der Waals surface area contributed by atoms with Crippen LogP contribution in [0.25, 0.3) is 0 Å². The van der Waals surface area contributed by atoms with Crippen molar-refractivity contribution in [2.45, 2.75) is 142 Å². The number of aliphatic imine (C=N–C) groups is 4. The quantitative estimate of drug-likeness (QED) is 0.121. The molecule has 51 heavy (non-hydrogen) atoms. The standard InChI is InChI=1S/C16H27NOSi.C15H23N.C14H20N2/c1-13(12-19(6,7)18-5)14-8-10-15(11-9-14)16(2,3)17-4;1-7-14(2,3)12-8-10-13(11-9-12)15(4,5)16-6;1-13(2,15-5)11-8-7-9-12(10-11)14(3,4)16-6/h8-11,13H,4,12H2,1-3,5-7H3;8-11H,6-7H2,1-5H3;7-10H,5-6H2,1-4H3. The lowest BCUT2D eigenvalue weighted by Gasteiger charge is -2.25. The van der Waals surface area contributed by atoms with E-state index in [0.717, 1.165) is 23.6 Å². The molecule has 0 radical (unpaired) electrons. The summed E-state index contributed by atoms with van der Waals surface area (Å²) in [5.41, 5.74) is 6.84. The molecule has 3 rings (SSSR count). The summed E-state index contributed by atoms with van der Waals surface area (Å²) in [6.07, 6.45) is 1.15. The number of hydrogen-bond acceptors (Lipinski definition) is 5. The molecule has 0 N–H and O–H groups in total. The Balaban J connectivity index is 0.000000385. The molecule has 0 aliphatic carbocycles. The summed E-state index contributed by atoms with van der Waals surface area (Å²) in [7, 11) is 0.325. The Hall–Kier alpha value is -3.48. The average Bonchev–Trinajstić information content (AvgIpc) is 3.12. The SMILES string of the molecule is C=NC(C)(C)c1ccc(C(C)(C)CC)cc1.C=NC(C)(C)c1ccc(C(C)C[Si](C)(C)OC)cc1.C=NC(C)(C)c1cccc(C(C)(C)N=C)c1. The maximum atomic E-state index is 5.64. The highest BCUT2D eigenvalue weighted by Crippen LogP contribution is 2.32. The summed E-state index contributed by atoms with van der Waals surface area (Å²) < 4.78 is 5.64. The van der Waals surface area contributed by atoms with Crippen LogP contribution in [0.3, 0.4) is 0 Å². The second-order valence-corrected chi connectivity index (χ2v) is 21.3. The Morgan fingerprint density at radius 3 is 1.24 bits per heavy atom. The van der Waals surface area contributed by atoms with Gasteiger partial charge < -0.3 is 4.43 Å². The van der Waals surface area contributed by atoms with Gasteiger partial charge in [0.05, 0.1) is 22.2 Å². The third kappa shape index (κ3) is 13.2. The minimum atomic E-state index is -1.51. The van der Waals surface area contributed by atoms with Gasteiger partial charge in [-0.25, -0.2) is 0 Å². The minimum Gasteiger partial charge on any atom is -0.420 e. The molecule has 3 aromatic carbocycles. The van der Waals surface area contributed by atoms with Crippen molar-refractivity contribution >= 4 is 35.2 Å². The van der Waals surface area contributed by atoms with Gasteiger partial charge in [-0.1, -0.05) is 100 Å². The summed E-state index contributed by atoms with van der Waals surface area (Å²) in [4.78, 5) is 16.6. The Morgan fingerprint density at radius 1 is 0.569 bits per heavy atom. The summed E-state index contributed by atoms with van der Waals surface area (Å²) in [5, 5.41) is 0. The fourth-order valence-electron chi connectivity index (χ4n) is 5.34. The summed E-state index contributed by atoms with van der Waals surface area (Å²) in [6, 6.07) is 27.0. The van der Waals surface area contributed by atoms with Gasteiger partial charge in [-0.05, 0) is 153 Å². The zero-order chi connectivity index (χ0) is 39.5. The first kappa shape index (κ1) is 45.5. The Bertz CT molecular complexity index is 1530. The lowest BCUT2D eigenvalue weighted by molar-refractivity contribution is 0.400. The molecule has 0 bridgehead atoms. The monoisotopic (exact) mass is 711 g/mol. The summed E-state index contributed by atoms with van der Waals surface area (Å²) >= 11 is 0. The van der Waals surface area contributed by atoms with Crippen molar-refractivity contribution in [3.05, 3.63) is 106 Å². The molecule has 0 aromatic heterocycles. The van der Waals surface area contributed by atoms with Gasteiger partial charge in [0, 0.05) is 7.11 Å². The summed E-state index contributed by atoms with van der Waals surface area (Å²) in [5.74, 6) is 0.537. The molecule has 6 heteroatoms. The van der Waals surface area contributed by atoms with Crippen LogP contribution in [-0.4, -0.2) is 42.3 Å². The topological polar surface area (TPSA) is 58.7 Å². The normalized spacial score (nSPS) is 13.1. The van der Waals surface area contributed by atoms with Crippen molar-refractivity contribution in [2.75, 3.05) is 7.11 Å². The van der Waals surface area contributed by atoms with Crippen LogP contribution in [-0.2, 0) is 32.0 Å². The largest absolute Gasteiger partial charge is 0.420 e. The van der Waals surface area contributed by atoms with Crippen LogP contribution < -0.4 is 0 Å². The maximum absolute atomic E-state index is 5.64. The molecule has 0 aliphatic rings. The minimum absolute atomic E-state index is 0.186. The highest BCUT2D eigenvalue weighted by molar-refractivity contribution is 6.71. The van der Waals surface area contributed by atoms with Crippen molar-refractivity contribution in [3.8, 4) is 0 Å². The molecule has 0 amide bonds. The third-order valence-corrected chi connectivity index (χ3v) is 13.4. The van der Waals surface area contributed by atoms with Crippen molar-refractivity contribution in [1.29, 1.82) is 0 Å². The van der Waals surface area contributed by atoms with E-state index < -0.39 is 8.32 Å². The molecule has 0 aliphatic heterocycles. The Morgan fingerprint density at radius 2 is 0.902 bits per heavy atom. The smallest absolute Gasteiger partial charge is 0.186 e. The van der Waals surface area contributed by atoms with Gasteiger partial charge in [-0.15, -0.1) is 0 Å². The van der Waals surface area contributed by atoms with Crippen LogP contribution in [0.15, 0.2) is 92.8 Å². The van der Waals surface area contributed by atoms with Crippen LogP contribution in [0, 0.1) is 0 Å². The van der Waals surface area contributed by atoms with Crippen LogP contribution in [0.5, 0.6) is 0 Å². The molecule has 3 aromatic rings. The Labute approximate surface area is 314 Å². The molecule has 0 saturated carbocycles. The first-order valence-electron chi connectivity index (χ1n) is 18.2. The van der Waals surface area contributed by atoms with Gasteiger partial charge in [-0.2, -0.15) is 0 Å². The van der Waals surface area contributed by atoms with E-state index in [1.165, 1.54) is 22.3 Å². The van der Waals surface area contributed by atoms with E-state index in [1.54, 1.807) is 0 Å². The van der Waals surface area contributed by atoms with Crippen LogP contribution in [0.1, 0.15) is 129 Å². The number of hydrogen-bond donors (Lipinski definition) is 0. The second kappa shape index (κ2) is 18.3. The molecule has 280 valence electrons. The molecule has 5 nitrogen and oxygen atoms in total. The highest BCUT2D eigenvalue weighted by atomic mass is 28.4. The number of benzene rings is 3. The van der Waals surface area contributed by atoms with Gasteiger partial charge in [0.1, 0.15) is 0 Å². The van der Waals surface area contributed by atoms with Crippen molar-refractivity contribution in [1.82, 2.24) is 0 Å². The zero-order valence-electron chi connectivity index (χ0n) is 34.9. The van der Waals surface area contributed by atoms with Crippen LogP contribution in [0.2, 0.25) is 19.1 Å². The first-order valence-corrected chi connectivity index (χ1v) is 21.3. The molecule has 0 heterocycles. The summed E-state index contributed by atoms with van der Waals surface area (Å²) in [6.45, 7) is 44.7. The lowest BCUT2D eigenvalue weighted by Crippen LogP contribution is -2.30. The Kier molecular flexibility index (Phi) is 16.4. The lowest BCUT2D eigenvalue weighted by atomic mass is 9.81. The molecular weight excluding hydrogens is 641 g/mol. The predicted octanol–water partition coefficient (Wildman–Crippen LogP) is 12.4. The molecular formula is C45H70N4OSi. The first-order chi connectivity index (χ1) is 23.4. The average molecular weight is 711 g/mol. The van der Waals surface area contributed by atoms with E-state index in [0.29, 0.717) is 5.92 Å². The molecule has 1 unspecified atom stereocenters. The maximum Gasteiger partial charge on any atom is 0.186 e. The van der Waals surface area contributed by atoms with Crippen LogP contribution in [0.4, 0.5) is 0 Å². The zero-order valence-corrected chi connectivity index (χ0v) is 35.9. The molecule has 0 fully saturated rings. The second-order valence-electron chi connectivity index (χ2n) is 17.0. The van der Waals surface area contributed by atoms with Gasteiger partial charge in [-0.3, -0.25) is 20.0 Å². The van der Waals surface area contributed by atoms with Gasteiger partial charge >= 0.3 is 0 Å². The van der Waals surface area contributed by atoms with Crippen LogP contribution >= 0.6 is 0 Å². The van der Waals surface area contributed by atoms with Gasteiger partial charge in [0.2, 0.25) is 0 Å². The van der Waals surface area contributed by atoms with E-state index in [4.69, 9.17) is 4.43 Å². The van der Waals surface area contributed by atoms with E-state index in [9.17, 15) is 0 Å². The number of rotatable bonds is 14. The molecule has 0 saturated heterocycles. The third-order valence-electron chi connectivity index (χ3n) is 10.6. The fourth-order valence-corrected chi connectivity index (χ4v) is 7.21. The van der Waals surface area contributed by atoms with E-state index in [-0.39, 0.29) is 27.6 Å². The van der Waals surface area contributed by atoms with Gasteiger partial charge in [0.15, 0.2) is 8.32 Å². The van der Waals surface area contributed by atoms with E-state index >= 15 is 0 Å². The van der Waals surface area contributed by atoms with E-state index in [2.05, 4.69) is 182 Å². The predicted molar refractivity (Wildman–Crippen MR) is 231 cm³/mol. The molecule has 0 spiro atoms. The highest BCUT2D eigenvalue weighted by Gasteiger charge is 2.26.